The van der Waals surface area contributed by atoms with Crippen LogP contribution in [0.1, 0.15) is 6.42 Å². The predicted octanol–water partition coefficient (Wildman–Crippen LogP) is 0.973. The van der Waals surface area contributed by atoms with E-state index in [1.54, 1.807) is 0 Å². The van der Waals surface area contributed by atoms with Gasteiger partial charge in [0.05, 0.1) is 19.4 Å². The van der Waals surface area contributed by atoms with Crippen molar-refractivity contribution in [3.05, 3.63) is 18.2 Å². The van der Waals surface area contributed by atoms with Crippen molar-refractivity contribution < 1.29 is 24.3 Å². The monoisotopic (exact) mass is 230 g/mol. The maximum atomic E-state index is 12.9. The first kappa shape index (κ1) is 11.1. The van der Waals surface area contributed by atoms with Crippen LogP contribution in [-0.2, 0) is 4.74 Å². The molecule has 16 heavy (non-hydrogen) atoms. The average molecular weight is 230 g/mol. The number of hydrogen-bond donors (Lipinski definition) is 2. The van der Waals surface area contributed by atoms with Crippen LogP contribution in [0.4, 0.5) is 10.1 Å². The van der Waals surface area contributed by atoms with E-state index in [0.717, 1.165) is 12.3 Å². The Morgan fingerprint density at radius 3 is 3.00 bits per heavy atom. The second-order valence-electron chi connectivity index (χ2n) is 3.37. The topological polar surface area (TPSA) is 75.1 Å². The third-order valence-corrected chi connectivity index (χ3v) is 2.21. The molecule has 0 saturated carbocycles. The molecule has 0 bridgehead atoms. The van der Waals surface area contributed by atoms with Crippen LogP contribution < -0.4 is 9.96 Å². The van der Waals surface area contributed by atoms with E-state index < -0.39 is 5.95 Å². The molecule has 7 heteroatoms. The molecule has 1 fully saturated rings. The molecule has 0 spiro atoms. The van der Waals surface area contributed by atoms with Crippen LogP contribution in [0, 0.1) is 5.95 Å². The van der Waals surface area contributed by atoms with E-state index in [0.29, 0.717) is 19.6 Å². The van der Waals surface area contributed by atoms with Gasteiger partial charge in [-0.05, 0) is 0 Å². The van der Waals surface area contributed by atoms with Crippen LogP contribution in [0.25, 0.3) is 0 Å². The Morgan fingerprint density at radius 1 is 1.56 bits per heavy atom. The van der Waals surface area contributed by atoms with E-state index in [1.165, 1.54) is 0 Å². The zero-order valence-corrected chi connectivity index (χ0v) is 8.34. The van der Waals surface area contributed by atoms with Crippen molar-refractivity contribution in [2.24, 2.45) is 0 Å². The van der Waals surface area contributed by atoms with Crippen LogP contribution in [0.15, 0.2) is 12.3 Å². The second kappa shape index (κ2) is 4.60. The van der Waals surface area contributed by atoms with Gasteiger partial charge in [0.25, 0.3) is 0 Å². The Balaban J connectivity index is 2.19. The second-order valence-corrected chi connectivity index (χ2v) is 3.37. The normalized spacial score (nSPS) is 19.8. The van der Waals surface area contributed by atoms with Gasteiger partial charge in [-0.15, -0.1) is 5.23 Å². The Bertz CT molecular complexity index is 369. The number of hydrogen-bond acceptors (Lipinski definition) is 6. The Hall–Kier alpha value is -1.44. The molecule has 1 atom stereocenters. The number of ether oxygens (including phenoxy) is 2. The van der Waals surface area contributed by atoms with E-state index in [2.05, 4.69) is 4.98 Å². The highest BCUT2D eigenvalue weighted by atomic mass is 19.1. The third kappa shape index (κ3) is 2.38. The average Bonchev–Trinajstić information content (AvgIpc) is 2.70. The summed E-state index contributed by atoms with van der Waals surface area (Å²) in [5.41, 5.74) is -0.117. The van der Waals surface area contributed by atoms with Gasteiger partial charge in [0.2, 0.25) is 5.95 Å². The molecule has 0 aliphatic carbocycles. The minimum atomic E-state index is -0.750. The van der Waals surface area contributed by atoms with Gasteiger partial charge in [-0.25, -0.2) is 4.98 Å². The first-order valence-corrected chi connectivity index (χ1v) is 4.74. The van der Waals surface area contributed by atoms with Crippen molar-refractivity contribution in [3.63, 3.8) is 0 Å². The predicted molar refractivity (Wildman–Crippen MR) is 50.1 cm³/mol. The third-order valence-electron chi connectivity index (χ3n) is 2.21. The van der Waals surface area contributed by atoms with Gasteiger partial charge in [-0.2, -0.15) is 4.39 Å². The van der Waals surface area contributed by atoms with Crippen LogP contribution in [0.2, 0.25) is 0 Å². The molecule has 0 unspecified atom stereocenters. The Labute approximate surface area is 90.8 Å². The van der Waals surface area contributed by atoms with Gasteiger partial charge >= 0.3 is 0 Å². The summed E-state index contributed by atoms with van der Waals surface area (Å²) < 4.78 is 23.3. The fraction of sp³-hybridized carbons (Fsp3) is 0.444. The molecule has 1 aromatic heterocycles. The lowest BCUT2D eigenvalue weighted by molar-refractivity contribution is 0.0263. The van der Waals surface area contributed by atoms with Crippen molar-refractivity contribution in [2.75, 3.05) is 18.4 Å². The largest absolute Gasteiger partial charge is 0.485 e. The van der Waals surface area contributed by atoms with E-state index in [9.17, 15) is 4.39 Å². The van der Waals surface area contributed by atoms with Crippen molar-refractivity contribution in [1.82, 2.24) is 4.98 Å². The number of halogens is 1. The zero-order chi connectivity index (χ0) is 11.5. The Morgan fingerprint density at radius 2 is 2.38 bits per heavy atom. The number of rotatable bonds is 3. The summed E-state index contributed by atoms with van der Waals surface area (Å²) in [6.45, 7) is 0.982. The first-order valence-electron chi connectivity index (χ1n) is 4.74. The standard InChI is InChI=1S/C9H11FN2O4/c10-9-3-8(7(4-11-9)12(13)14)16-6-1-2-15-5-6/h3-4,6,13-14H,1-2,5H2/t6-/m0/s1. The molecule has 6 nitrogen and oxygen atoms in total. The molecule has 2 N–H and O–H groups in total. The molecule has 1 aromatic rings. The fourth-order valence-electron chi connectivity index (χ4n) is 1.44. The van der Waals surface area contributed by atoms with Gasteiger partial charge in [0, 0.05) is 12.5 Å². The van der Waals surface area contributed by atoms with E-state index >= 15 is 0 Å². The quantitative estimate of drug-likeness (QED) is 0.595. The molecule has 1 aliphatic rings. The molecular formula is C9H11FN2O4. The maximum Gasteiger partial charge on any atom is 0.216 e. The first-order chi connectivity index (χ1) is 7.66. The van der Waals surface area contributed by atoms with Crippen molar-refractivity contribution >= 4 is 5.69 Å². The molecular weight excluding hydrogens is 219 g/mol. The van der Waals surface area contributed by atoms with Gasteiger partial charge < -0.3 is 9.47 Å². The number of aromatic nitrogens is 1. The smallest absolute Gasteiger partial charge is 0.216 e. The number of pyridine rings is 1. The van der Waals surface area contributed by atoms with Crippen LogP contribution >= 0.6 is 0 Å². The number of nitrogens with zero attached hydrogens (tertiary/aromatic N) is 2. The molecule has 88 valence electrons. The van der Waals surface area contributed by atoms with Crippen LogP contribution in [0.3, 0.4) is 0 Å². The van der Waals surface area contributed by atoms with E-state index in [-0.39, 0.29) is 22.8 Å². The van der Waals surface area contributed by atoms with Gasteiger partial charge in [0.15, 0.2) is 11.4 Å². The molecule has 2 heterocycles. The summed E-state index contributed by atoms with van der Waals surface area (Å²) in [6.07, 6.45) is 1.45. The summed E-state index contributed by atoms with van der Waals surface area (Å²) in [6, 6.07) is 0.993. The summed E-state index contributed by atoms with van der Waals surface area (Å²) in [5, 5.41) is 17.6. The van der Waals surface area contributed by atoms with Crippen molar-refractivity contribution in [1.29, 1.82) is 0 Å². The summed E-state index contributed by atoms with van der Waals surface area (Å²) in [5.74, 6) is -0.729. The summed E-state index contributed by atoms with van der Waals surface area (Å²) >= 11 is 0. The lowest BCUT2D eigenvalue weighted by Crippen LogP contribution is -2.19. The van der Waals surface area contributed by atoms with Crippen molar-refractivity contribution in [3.8, 4) is 5.75 Å². The SMILES string of the molecule is ON(O)c1cnc(F)cc1O[C@H]1CCOC1. The van der Waals surface area contributed by atoms with E-state index in [1.807, 2.05) is 0 Å². The Kier molecular flexibility index (Phi) is 3.18. The van der Waals surface area contributed by atoms with Crippen LogP contribution in [-0.4, -0.2) is 34.7 Å². The van der Waals surface area contributed by atoms with Crippen LogP contribution in [0.5, 0.6) is 5.75 Å². The number of anilines is 1. The maximum absolute atomic E-state index is 12.9. The molecule has 0 aromatic carbocycles. The highest BCUT2D eigenvalue weighted by Crippen LogP contribution is 2.28. The minimum absolute atomic E-state index is 0.0213. The van der Waals surface area contributed by atoms with Crippen molar-refractivity contribution in [2.45, 2.75) is 12.5 Å². The molecule has 0 radical (unpaired) electrons. The van der Waals surface area contributed by atoms with Gasteiger partial charge in [-0.1, -0.05) is 0 Å². The molecule has 2 rings (SSSR count). The highest BCUT2D eigenvalue weighted by Gasteiger charge is 2.20. The highest BCUT2D eigenvalue weighted by molar-refractivity contribution is 5.52. The lowest BCUT2D eigenvalue weighted by Gasteiger charge is -2.16. The van der Waals surface area contributed by atoms with Gasteiger partial charge in [-0.3, -0.25) is 10.4 Å². The fourth-order valence-corrected chi connectivity index (χ4v) is 1.44. The summed E-state index contributed by atoms with van der Waals surface area (Å²) in [7, 11) is 0. The van der Waals surface area contributed by atoms with E-state index in [4.69, 9.17) is 19.9 Å². The molecule has 1 saturated heterocycles. The molecule has 0 amide bonds. The molecule has 1 aliphatic heterocycles. The minimum Gasteiger partial charge on any atom is -0.485 e. The van der Waals surface area contributed by atoms with Gasteiger partial charge in [0.1, 0.15) is 6.10 Å². The lowest BCUT2D eigenvalue weighted by atomic mass is 10.3. The zero-order valence-electron chi connectivity index (χ0n) is 8.34. The summed E-state index contributed by atoms with van der Waals surface area (Å²) in [4.78, 5) is 3.30.